The van der Waals surface area contributed by atoms with E-state index in [0.717, 1.165) is 5.69 Å². The zero-order valence-corrected chi connectivity index (χ0v) is 8.59. The van der Waals surface area contributed by atoms with Crippen LogP contribution in [0.4, 0.5) is 9.59 Å². The molecule has 0 aliphatic heterocycles. The molecule has 1 aromatic heterocycles. The van der Waals surface area contributed by atoms with Gasteiger partial charge in [-0.1, -0.05) is 0 Å². The molecule has 0 aliphatic rings. The molecule has 4 amide bonds. The van der Waals surface area contributed by atoms with Crippen LogP contribution in [0.15, 0.2) is 10.4 Å². The predicted octanol–water partition coefficient (Wildman–Crippen LogP) is 0.0840. The van der Waals surface area contributed by atoms with Crippen LogP contribution in [-0.4, -0.2) is 16.6 Å². The Balaban J connectivity index is 2.94. The Morgan fingerprint density at radius 2 is 2.29 bits per heavy atom. The van der Waals surface area contributed by atoms with Gasteiger partial charge < -0.3 is 10.3 Å². The molecular weight excluding hydrogens is 204 g/mol. The minimum atomic E-state index is -0.908. The summed E-state index contributed by atoms with van der Waals surface area (Å²) in [6.07, 6.45) is 0. The first-order valence-corrected chi connectivity index (χ1v) is 4.65. The largest absolute Gasteiger partial charge is 0.351 e. The van der Waals surface area contributed by atoms with E-state index in [2.05, 4.69) is 4.99 Å². The van der Waals surface area contributed by atoms with E-state index in [1.54, 1.807) is 11.6 Å². The lowest BCUT2D eigenvalue weighted by Crippen LogP contribution is -2.34. The van der Waals surface area contributed by atoms with Crippen molar-refractivity contribution in [2.24, 2.45) is 17.8 Å². The average molecular weight is 214 g/mol. The molecule has 7 heteroatoms. The van der Waals surface area contributed by atoms with Crippen LogP contribution in [0.1, 0.15) is 5.69 Å². The number of imide groups is 1. The van der Waals surface area contributed by atoms with Crippen LogP contribution in [0.5, 0.6) is 0 Å². The van der Waals surface area contributed by atoms with E-state index in [1.165, 1.54) is 11.3 Å². The van der Waals surface area contributed by atoms with Crippen LogP contribution in [-0.2, 0) is 7.05 Å². The molecule has 1 heterocycles. The summed E-state index contributed by atoms with van der Waals surface area (Å²) in [6, 6.07) is -1.66. The fourth-order valence-electron chi connectivity index (χ4n) is 0.769. The lowest BCUT2D eigenvalue weighted by molar-refractivity contribution is 0.236. The average Bonchev–Trinajstić information content (AvgIpc) is 2.34. The summed E-state index contributed by atoms with van der Waals surface area (Å²) in [4.78, 5) is 25.5. The standard InChI is InChI=1S/C7H10N4O2S/c1-4-3-14-7(11(4)2)10-6(13)9-5(8)12/h3H,1-2H3,(H3,8,9,12,13)/b10-7+. The minimum absolute atomic E-state index is 0.515. The highest BCUT2D eigenvalue weighted by molar-refractivity contribution is 7.07. The summed E-state index contributed by atoms with van der Waals surface area (Å²) in [5.41, 5.74) is 5.74. The van der Waals surface area contributed by atoms with Crippen LogP contribution in [0.2, 0.25) is 0 Å². The first kappa shape index (κ1) is 10.5. The number of hydrogen-bond donors (Lipinski definition) is 2. The topological polar surface area (TPSA) is 89.5 Å². The van der Waals surface area contributed by atoms with E-state index in [0.29, 0.717) is 4.80 Å². The zero-order valence-electron chi connectivity index (χ0n) is 7.77. The summed E-state index contributed by atoms with van der Waals surface area (Å²) in [7, 11) is 1.78. The van der Waals surface area contributed by atoms with Gasteiger partial charge in [-0.05, 0) is 6.92 Å². The van der Waals surface area contributed by atoms with Gasteiger partial charge in [-0.2, -0.15) is 4.99 Å². The lowest BCUT2D eigenvalue weighted by atomic mass is 10.6. The van der Waals surface area contributed by atoms with Crippen LogP contribution in [0.3, 0.4) is 0 Å². The SMILES string of the molecule is Cc1cs/c(=N/C(=O)NC(N)=O)n1C. The first-order valence-electron chi connectivity index (χ1n) is 3.77. The van der Waals surface area contributed by atoms with E-state index in [1.807, 2.05) is 17.6 Å². The third kappa shape index (κ3) is 2.43. The molecule has 0 unspecified atom stereocenters. The van der Waals surface area contributed by atoms with Crippen LogP contribution < -0.4 is 15.9 Å². The number of thiazole rings is 1. The Bertz CT molecular complexity index is 431. The fourth-order valence-corrected chi connectivity index (χ4v) is 1.64. The molecule has 0 atom stereocenters. The highest BCUT2D eigenvalue weighted by atomic mass is 32.1. The normalized spacial score (nSPS) is 11.4. The Labute approximate surface area is 84.1 Å². The second-order valence-electron chi connectivity index (χ2n) is 2.62. The summed E-state index contributed by atoms with van der Waals surface area (Å²) >= 11 is 1.31. The van der Waals surface area contributed by atoms with Gasteiger partial charge in [0.2, 0.25) is 0 Å². The van der Waals surface area contributed by atoms with E-state index in [4.69, 9.17) is 5.73 Å². The van der Waals surface area contributed by atoms with E-state index < -0.39 is 12.1 Å². The van der Waals surface area contributed by atoms with Crippen molar-refractivity contribution >= 4 is 23.4 Å². The molecule has 1 aromatic rings. The summed E-state index contributed by atoms with van der Waals surface area (Å²) < 4.78 is 1.74. The minimum Gasteiger partial charge on any atom is -0.351 e. The van der Waals surface area contributed by atoms with Crippen molar-refractivity contribution in [3.63, 3.8) is 0 Å². The van der Waals surface area contributed by atoms with Crippen molar-refractivity contribution in [2.45, 2.75) is 6.92 Å². The van der Waals surface area contributed by atoms with Gasteiger partial charge in [0.25, 0.3) is 0 Å². The molecule has 0 fully saturated rings. The van der Waals surface area contributed by atoms with Gasteiger partial charge in [-0.3, -0.25) is 5.32 Å². The molecule has 76 valence electrons. The van der Waals surface area contributed by atoms with Gasteiger partial charge in [-0.15, -0.1) is 11.3 Å². The summed E-state index contributed by atoms with van der Waals surface area (Å²) in [5, 5.41) is 3.71. The number of hydrogen-bond acceptors (Lipinski definition) is 3. The van der Waals surface area contributed by atoms with Crippen molar-refractivity contribution in [1.82, 2.24) is 9.88 Å². The Kier molecular flexibility index (Phi) is 3.03. The smallest absolute Gasteiger partial charge is 0.351 e. The van der Waals surface area contributed by atoms with E-state index in [9.17, 15) is 9.59 Å². The lowest BCUT2D eigenvalue weighted by Gasteiger charge is -1.94. The molecule has 14 heavy (non-hydrogen) atoms. The van der Waals surface area contributed by atoms with Crippen LogP contribution >= 0.6 is 11.3 Å². The number of nitrogens with zero attached hydrogens (tertiary/aromatic N) is 2. The number of aromatic nitrogens is 1. The Morgan fingerprint density at radius 3 is 2.71 bits per heavy atom. The van der Waals surface area contributed by atoms with Gasteiger partial charge in [0.05, 0.1) is 0 Å². The quantitative estimate of drug-likeness (QED) is 0.640. The molecule has 3 N–H and O–H groups in total. The Hall–Kier alpha value is -1.63. The number of carbonyl (C=O) groups excluding carboxylic acids is 2. The number of amides is 4. The Morgan fingerprint density at radius 1 is 1.64 bits per heavy atom. The van der Waals surface area contributed by atoms with Crippen molar-refractivity contribution in [1.29, 1.82) is 0 Å². The number of nitrogens with one attached hydrogen (secondary N) is 1. The highest BCUT2D eigenvalue weighted by Gasteiger charge is 2.02. The predicted molar refractivity (Wildman–Crippen MR) is 51.7 cm³/mol. The second-order valence-corrected chi connectivity index (χ2v) is 3.46. The third-order valence-corrected chi connectivity index (χ3v) is 2.61. The zero-order chi connectivity index (χ0) is 10.7. The number of nitrogens with two attached hydrogens (primary N) is 1. The molecule has 0 saturated carbocycles. The van der Waals surface area contributed by atoms with Crippen molar-refractivity contribution in [3.05, 3.63) is 15.9 Å². The maximum atomic E-state index is 11.0. The van der Waals surface area contributed by atoms with Gasteiger partial charge in [0, 0.05) is 18.1 Å². The fraction of sp³-hybridized carbons (Fsp3) is 0.286. The molecule has 6 nitrogen and oxygen atoms in total. The molecule has 1 rings (SSSR count). The molecule has 0 spiro atoms. The summed E-state index contributed by atoms with van der Waals surface area (Å²) in [6.45, 7) is 1.89. The number of aryl methyl sites for hydroxylation is 1. The molecular formula is C7H10N4O2S. The number of rotatable bonds is 0. The molecule has 0 aromatic carbocycles. The van der Waals surface area contributed by atoms with E-state index >= 15 is 0 Å². The maximum Gasteiger partial charge on any atom is 0.351 e. The first-order chi connectivity index (χ1) is 6.50. The maximum absolute atomic E-state index is 11.0. The van der Waals surface area contributed by atoms with Crippen molar-refractivity contribution in [2.75, 3.05) is 0 Å². The number of carbonyl (C=O) groups is 2. The third-order valence-electron chi connectivity index (χ3n) is 1.58. The number of urea groups is 2. The molecule has 0 radical (unpaired) electrons. The van der Waals surface area contributed by atoms with Gasteiger partial charge in [0.15, 0.2) is 4.80 Å². The molecule has 0 bridgehead atoms. The van der Waals surface area contributed by atoms with Gasteiger partial charge in [0.1, 0.15) is 0 Å². The monoisotopic (exact) mass is 214 g/mol. The van der Waals surface area contributed by atoms with Crippen molar-refractivity contribution in [3.8, 4) is 0 Å². The van der Waals surface area contributed by atoms with Crippen LogP contribution in [0.25, 0.3) is 0 Å². The number of primary amides is 1. The van der Waals surface area contributed by atoms with Gasteiger partial charge in [-0.25, -0.2) is 9.59 Å². The highest BCUT2D eigenvalue weighted by Crippen LogP contribution is 1.96. The van der Waals surface area contributed by atoms with Crippen molar-refractivity contribution < 1.29 is 9.59 Å². The molecule has 0 aliphatic carbocycles. The van der Waals surface area contributed by atoms with Gasteiger partial charge >= 0.3 is 12.1 Å². The summed E-state index contributed by atoms with van der Waals surface area (Å²) in [5.74, 6) is 0. The van der Waals surface area contributed by atoms with E-state index in [-0.39, 0.29) is 0 Å². The second kappa shape index (κ2) is 4.05. The van der Waals surface area contributed by atoms with Crippen LogP contribution in [0, 0.1) is 6.92 Å². The molecule has 0 saturated heterocycles.